The molecule has 6 nitrogen and oxygen atoms in total. The van der Waals surface area contributed by atoms with E-state index in [0.717, 1.165) is 42.9 Å². The Morgan fingerprint density at radius 3 is 2.16 bits per heavy atom. The van der Waals surface area contributed by atoms with Gasteiger partial charge in [-0.25, -0.2) is 4.98 Å². The van der Waals surface area contributed by atoms with Gasteiger partial charge in [0.15, 0.2) is 11.5 Å². The molecule has 0 bridgehead atoms. The summed E-state index contributed by atoms with van der Waals surface area (Å²) in [5.74, 6) is 2.87. The maximum Gasteiger partial charge on any atom is 0.204 e. The average Bonchev–Trinajstić information content (AvgIpc) is 2.65. The maximum atomic E-state index is 5.55. The SMILES string of the molecule is COc1cc2nc(N3CCN(C(C)C)CC3)ccc2c(OC)c1OC. The Morgan fingerprint density at radius 1 is 0.920 bits per heavy atom. The Morgan fingerprint density at radius 2 is 1.60 bits per heavy atom. The number of aromatic nitrogens is 1. The molecule has 136 valence electrons. The molecule has 0 aliphatic carbocycles. The van der Waals surface area contributed by atoms with E-state index in [2.05, 4.69) is 29.7 Å². The molecule has 1 aliphatic rings. The molecular weight excluding hydrogens is 318 g/mol. The first-order chi connectivity index (χ1) is 12.1. The molecule has 0 N–H and O–H groups in total. The Hall–Kier alpha value is -2.21. The summed E-state index contributed by atoms with van der Waals surface area (Å²) in [6, 6.07) is 6.60. The standard InChI is InChI=1S/C19H27N3O3/c1-13(2)21-8-10-22(11-9-21)17-7-6-14-15(20-17)12-16(23-3)19(25-5)18(14)24-4/h6-7,12-13H,8-11H2,1-5H3. The van der Waals surface area contributed by atoms with Crippen LogP contribution in [0.5, 0.6) is 17.2 Å². The summed E-state index contributed by atoms with van der Waals surface area (Å²) in [5, 5.41) is 0.921. The molecule has 25 heavy (non-hydrogen) atoms. The number of benzene rings is 1. The van der Waals surface area contributed by atoms with Crippen molar-refractivity contribution in [3.8, 4) is 17.2 Å². The van der Waals surface area contributed by atoms with Crippen molar-refractivity contribution >= 4 is 16.7 Å². The Kier molecular flexibility index (Phi) is 5.18. The fourth-order valence-electron chi connectivity index (χ4n) is 3.38. The van der Waals surface area contributed by atoms with Crippen molar-refractivity contribution in [1.29, 1.82) is 0 Å². The number of ether oxygens (including phenoxy) is 3. The van der Waals surface area contributed by atoms with Gasteiger partial charge in [0.1, 0.15) is 5.82 Å². The van der Waals surface area contributed by atoms with Gasteiger partial charge in [-0.1, -0.05) is 0 Å². The second-order valence-corrected chi connectivity index (χ2v) is 6.50. The van der Waals surface area contributed by atoms with Crippen LogP contribution >= 0.6 is 0 Å². The van der Waals surface area contributed by atoms with Crippen LogP contribution in [0.4, 0.5) is 5.82 Å². The molecule has 1 aromatic carbocycles. The molecule has 1 fully saturated rings. The fourth-order valence-corrected chi connectivity index (χ4v) is 3.38. The maximum absolute atomic E-state index is 5.55. The highest BCUT2D eigenvalue weighted by atomic mass is 16.5. The van der Waals surface area contributed by atoms with E-state index in [4.69, 9.17) is 19.2 Å². The molecule has 0 spiro atoms. The number of pyridine rings is 1. The highest BCUT2D eigenvalue weighted by Crippen LogP contribution is 2.43. The van der Waals surface area contributed by atoms with Crippen LogP contribution in [0.25, 0.3) is 10.9 Å². The second-order valence-electron chi connectivity index (χ2n) is 6.50. The highest BCUT2D eigenvalue weighted by Gasteiger charge is 2.21. The molecule has 1 aromatic heterocycles. The number of piperazine rings is 1. The zero-order chi connectivity index (χ0) is 18.0. The largest absolute Gasteiger partial charge is 0.493 e. The van der Waals surface area contributed by atoms with Crippen molar-refractivity contribution in [3.05, 3.63) is 18.2 Å². The number of hydrogen-bond acceptors (Lipinski definition) is 6. The van der Waals surface area contributed by atoms with Gasteiger partial charge in [-0.15, -0.1) is 0 Å². The van der Waals surface area contributed by atoms with E-state index in [0.29, 0.717) is 23.3 Å². The van der Waals surface area contributed by atoms with Gasteiger partial charge >= 0.3 is 0 Å². The number of anilines is 1. The first kappa shape index (κ1) is 17.6. The van der Waals surface area contributed by atoms with E-state index in [1.165, 1.54) is 0 Å². The summed E-state index contributed by atoms with van der Waals surface area (Å²) in [4.78, 5) is 9.68. The van der Waals surface area contributed by atoms with Crippen LogP contribution in [0.3, 0.4) is 0 Å². The molecule has 0 atom stereocenters. The quantitative estimate of drug-likeness (QED) is 0.830. The van der Waals surface area contributed by atoms with E-state index < -0.39 is 0 Å². The fraction of sp³-hybridized carbons (Fsp3) is 0.526. The zero-order valence-electron chi connectivity index (χ0n) is 15.7. The Bertz CT molecular complexity index is 740. The minimum absolute atomic E-state index is 0.590. The molecule has 6 heteroatoms. The van der Waals surface area contributed by atoms with Gasteiger partial charge in [0, 0.05) is 43.7 Å². The van der Waals surface area contributed by atoms with Crippen molar-refractivity contribution < 1.29 is 14.2 Å². The summed E-state index contributed by atoms with van der Waals surface area (Å²) in [6.45, 7) is 8.59. The minimum atomic E-state index is 0.590. The van der Waals surface area contributed by atoms with Crippen LogP contribution in [0.1, 0.15) is 13.8 Å². The predicted molar refractivity (Wildman–Crippen MR) is 100 cm³/mol. The molecular formula is C19H27N3O3. The van der Waals surface area contributed by atoms with Crippen LogP contribution in [0, 0.1) is 0 Å². The summed E-state index contributed by atoms with van der Waals surface area (Å²) in [5.41, 5.74) is 0.846. The topological polar surface area (TPSA) is 47.1 Å². The first-order valence-corrected chi connectivity index (χ1v) is 8.67. The molecule has 0 amide bonds. The van der Waals surface area contributed by atoms with Crippen LogP contribution in [-0.4, -0.2) is 63.4 Å². The summed E-state index contributed by atoms with van der Waals surface area (Å²) >= 11 is 0. The zero-order valence-corrected chi connectivity index (χ0v) is 15.7. The van der Waals surface area contributed by atoms with E-state index >= 15 is 0 Å². The second kappa shape index (κ2) is 7.35. The Balaban J connectivity index is 1.95. The molecule has 0 radical (unpaired) electrons. The predicted octanol–water partition coefficient (Wildman–Crippen LogP) is 2.79. The van der Waals surface area contributed by atoms with Crippen LogP contribution < -0.4 is 19.1 Å². The van der Waals surface area contributed by atoms with E-state index in [-0.39, 0.29) is 0 Å². The molecule has 2 aromatic rings. The molecule has 0 saturated carbocycles. The van der Waals surface area contributed by atoms with Gasteiger partial charge in [0.05, 0.1) is 26.8 Å². The minimum Gasteiger partial charge on any atom is -0.493 e. The van der Waals surface area contributed by atoms with Crippen molar-refractivity contribution in [2.24, 2.45) is 0 Å². The number of hydrogen-bond donors (Lipinski definition) is 0. The first-order valence-electron chi connectivity index (χ1n) is 8.67. The molecule has 2 heterocycles. The van der Waals surface area contributed by atoms with Gasteiger partial charge in [0.25, 0.3) is 0 Å². The highest BCUT2D eigenvalue weighted by molar-refractivity contribution is 5.91. The van der Waals surface area contributed by atoms with E-state index in [1.807, 2.05) is 12.1 Å². The van der Waals surface area contributed by atoms with Gasteiger partial charge in [0.2, 0.25) is 5.75 Å². The average molecular weight is 345 g/mol. The lowest BCUT2D eigenvalue weighted by molar-refractivity contribution is 0.209. The molecule has 0 unspecified atom stereocenters. The third-order valence-corrected chi connectivity index (χ3v) is 4.85. The molecule has 1 aliphatic heterocycles. The van der Waals surface area contributed by atoms with Crippen LogP contribution in [-0.2, 0) is 0 Å². The lowest BCUT2D eigenvalue weighted by Gasteiger charge is -2.37. The van der Waals surface area contributed by atoms with Crippen molar-refractivity contribution in [2.45, 2.75) is 19.9 Å². The van der Waals surface area contributed by atoms with Gasteiger partial charge in [-0.3, -0.25) is 4.90 Å². The van der Waals surface area contributed by atoms with Gasteiger partial charge in [-0.05, 0) is 26.0 Å². The monoisotopic (exact) mass is 345 g/mol. The molecule has 1 saturated heterocycles. The smallest absolute Gasteiger partial charge is 0.204 e. The summed E-state index contributed by atoms with van der Waals surface area (Å²) in [6.07, 6.45) is 0. The third-order valence-electron chi connectivity index (χ3n) is 4.85. The van der Waals surface area contributed by atoms with Crippen LogP contribution in [0.15, 0.2) is 18.2 Å². The van der Waals surface area contributed by atoms with E-state index in [1.54, 1.807) is 21.3 Å². The number of methoxy groups -OCH3 is 3. The van der Waals surface area contributed by atoms with Crippen molar-refractivity contribution in [2.75, 3.05) is 52.4 Å². The van der Waals surface area contributed by atoms with E-state index in [9.17, 15) is 0 Å². The van der Waals surface area contributed by atoms with Crippen molar-refractivity contribution in [1.82, 2.24) is 9.88 Å². The lowest BCUT2D eigenvalue weighted by Crippen LogP contribution is -2.49. The normalized spacial score (nSPS) is 15.7. The molecule has 3 rings (SSSR count). The lowest BCUT2D eigenvalue weighted by atomic mass is 10.1. The van der Waals surface area contributed by atoms with Crippen molar-refractivity contribution in [3.63, 3.8) is 0 Å². The number of nitrogens with zero attached hydrogens (tertiary/aromatic N) is 3. The Labute approximate surface area is 149 Å². The summed E-state index contributed by atoms with van der Waals surface area (Å²) in [7, 11) is 4.87. The van der Waals surface area contributed by atoms with Crippen LogP contribution in [0.2, 0.25) is 0 Å². The number of rotatable bonds is 5. The van der Waals surface area contributed by atoms with Gasteiger partial charge < -0.3 is 19.1 Å². The van der Waals surface area contributed by atoms with Gasteiger partial charge in [-0.2, -0.15) is 0 Å². The number of fused-ring (bicyclic) bond motifs is 1. The summed E-state index contributed by atoms with van der Waals surface area (Å²) < 4.78 is 16.5. The third kappa shape index (κ3) is 3.31.